The van der Waals surface area contributed by atoms with Gasteiger partial charge in [0.25, 0.3) is 5.91 Å². The zero-order valence-electron chi connectivity index (χ0n) is 11.1. The van der Waals surface area contributed by atoms with E-state index in [0.29, 0.717) is 23.1 Å². The number of rotatable bonds is 3. The molecule has 1 amide bonds. The van der Waals surface area contributed by atoms with E-state index in [2.05, 4.69) is 4.98 Å². The van der Waals surface area contributed by atoms with Gasteiger partial charge in [0.05, 0.1) is 12.6 Å². The van der Waals surface area contributed by atoms with Crippen molar-refractivity contribution >= 4 is 23.3 Å². The standard InChI is InChI=1S/C13H18ClN3O2/c1-16(2)12-7-9(6-11(14)15-12)13(19)17-5-3-4-10(17)8-18/h6-7,10,18H,3-5,8H2,1-2H3/t10-/m1/s1. The Morgan fingerprint density at radius 1 is 1.58 bits per heavy atom. The van der Waals surface area contributed by atoms with Crippen molar-refractivity contribution in [2.75, 3.05) is 32.1 Å². The molecule has 1 aromatic heterocycles. The second kappa shape index (κ2) is 5.75. The fourth-order valence-corrected chi connectivity index (χ4v) is 2.50. The van der Waals surface area contributed by atoms with E-state index in [4.69, 9.17) is 11.6 Å². The van der Waals surface area contributed by atoms with Crippen LogP contribution in [0.25, 0.3) is 0 Å². The van der Waals surface area contributed by atoms with Crippen molar-refractivity contribution in [3.63, 3.8) is 0 Å². The molecule has 2 heterocycles. The van der Waals surface area contributed by atoms with Crippen molar-refractivity contribution in [3.8, 4) is 0 Å². The van der Waals surface area contributed by atoms with E-state index in [1.807, 2.05) is 14.1 Å². The zero-order chi connectivity index (χ0) is 14.0. The number of carbonyl (C=O) groups is 1. The Morgan fingerprint density at radius 3 is 2.95 bits per heavy atom. The molecule has 2 rings (SSSR count). The Morgan fingerprint density at radius 2 is 2.32 bits per heavy atom. The number of nitrogens with zero attached hydrogens (tertiary/aromatic N) is 3. The molecule has 1 atom stereocenters. The topological polar surface area (TPSA) is 56.7 Å². The third-order valence-electron chi connectivity index (χ3n) is 3.33. The monoisotopic (exact) mass is 283 g/mol. The van der Waals surface area contributed by atoms with E-state index < -0.39 is 0 Å². The number of pyridine rings is 1. The highest BCUT2D eigenvalue weighted by molar-refractivity contribution is 6.29. The van der Waals surface area contributed by atoms with Crippen molar-refractivity contribution in [1.29, 1.82) is 0 Å². The summed E-state index contributed by atoms with van der Waals surface area (Å²) >= 11 is 5.96. The number of anilines is 1. The molecule has 0 aliphatic carbocycles. The van der Waals surface area contributed by atoms with E-state index in [0.717, 1.165) is 12.8 Å². The smallest absolute Gasteiger partial charge is 0.254 e. The van der Waals surface area contributed by atoms with Crippen molar-refractivity contribution < 1.29 is 9.90 Å². The fraction of sp³-hybridized carbons (Fsp3) is 0.538. The first-order valence-corrected chi connectivity index (χ1v) is 6.67. The predicted octanol–water partition coefficient (Wildman–Crippen LogP) is 1.40. The average Bonchev–Trinajstić information content (AvgIpc) is 2.85. The van der Waals surface area contributed by atoms with Crippen LogP contribution >= 0.6 is 11.6 Å². The fourth-order valence-electron chi connectivity index (χ4n) is 2.29. The van der Waals surface area contributed by atoms with Crippen LogP contribution in [0, 0.1) is 0 Å². The Balaban J connectivity index is 2.28. The molecular weight excluding hydrogens is 266 g/mol. The minimum atomic E-state index is -0.0936. The van der Waals surface area contributed by atoms with Gasteiger partial charge in [0.2, 0.25) is 0 Å². The zero-order valence-corrected chi connectivity index (χ0v) is 11.9. The van der Waals surface area contributed by atoms with Crippen molar-refractivity contribution in [2.45, 2.75) is 18.9 Å². The minimum Gasteiger partial charge on any atom is -0.394 e. The van der Waals surface area contributed by atoms with Crippen LogP contribution in [0.15, 0.2) is 12.1 Å². The number of aliphatic hydroxyl groups excluding tert-OH is 1. The molecule has 1 aromatic rings. The van der Waals surface area contributed by atoms with Gasteiger partial charge < -0.3 is 14.9 Å². The Labute approximate surface area is 117 Å². The predicted molar refractivity (Wildman–Crippen MR) is 74.7 cm³/mol. The molecule has 104 valence electrons. The van der Waals surface area contributed by atoms with Gasteiger partial charge in [-0.25, -0.2) is 4.98 Å². The third kappa shape index (κ3) is 2.98. The molecular formula is C13H18ClN3O2. The van der Waals surface area contributed by atoms with Gasteiger partial charge in [-0.3, -0.25) is 4.79 Å². The number of aliphatic hydroxyl groups is 1. The number of hydrogen-bond acceptors (Lipinski definition) is 4. The van der Waals surface area contributed by atoms with Gasteiger partial charge in [0.15, 0.2) is 0 Å². The maximum atomic E-state index is 12.5. The van der Waals surface area contributed by atoms with Gasteiger partial charge in [0.1, 0.15) is 11.0 Å². The number of carbonyl (C=O) groups excluding carboxylic acids is 1. The summed E-state index contributed by atoms with van der Waals surface area (Å²) in [5, 5.41) is 9.59. The maximum Gasteiger partial charge on any atom is 0.254 e. The summed E-state index contributed by atoms with van der Waals surface area (Å²) in [6.07, 6.45) is 1.78. The Bertz CT molecular complexity index is 479. The molecule has 6 heteroatoms. The summed E-state index contributed by atoms with van der Waals surface area (Å²) < 4.78 is 0. The van der Waals surface area contributed by atoms with Gasteiger partial charge in [-0.2, -0.15) is 0 Å². The van der Waals surface area contributed by atoms with Crippen molar-refractivity contribution in [3.05, 3.63) is 22.8 Å². The van der Waals surface area contributed by atoms with Crippen LogP contribution < -0.4 is 4.90 Å². The first-order chi connectivity index (χ1) is 9.02. The average molecular weight is 284 g/mol. The molecule has 0 bridgehead atoms. The lowest BCUT2D eigenvalue weighted by Crippen LogP contribution is -2.37. The summed E-state index contributed by atoms with van der Waals surface area (Å²) in [5.41, 5.74) is 0.518. The van der Waals surface area contributed by atoms with Crippen LogP contribution in [-0.4, -0.2) is 54.2 Å². The van der Waals surface area contributed by atoms with Gasteiger partial charge in [-0.05, 0) is 25.0 Å². The summed E-state index contributed by atoms with van der Waals surface area (Å²) in [5.74, 6) is 0.555. The van der Waals surface area contributed by atoms with Crippen LogP contribution in [0.2, 0.25) is 5.15 Å². The molecule has 1 aliphatic heterocycles. The third-order valence-corrected chi connectivity index (χ3v) is 3.53. The molecule has 1 N–H and O–H groups in total. The Kier molecular flexibility index (Phi) is 4.27. The van der Waals surface area contributed by atoms with E-state index in [-0.39, 0.29) is 18.6 Å². The van der Waals surface area contributed by atoms with Crippen LogP contribution in [0.1, 0.15) is 23.2 Å². The molecule has 1 aliphatic rings. The van der Waals surface area contributed by atoms with Gasteiger partial charge in [0, 0.05) is 26.2 Å². The summed E-state index contributed by atoms with van der Waals surface area (Å²) in [7, 11) is 3.69. The number of halogens is 1. The highest BCUT2D eigenvalue weighted by Gasteiger charge is 2.29. The van der Waals surface area contributed by atoms with Crippen LogP contribution in [0.5, 0.6) is 0 Å². The lowest BCUT2D eigenvalue weighted by atomic mass is 10.2. The number of likely N-dealkylation sites (tertiary alicyclic amines) is 1. The number of hydrogen-bond donors (Lipinski definition) is 1. The minimum absolute atomic E-state index is 0.00505. The molecule has 0 aromatic carbocycles. The molecule has 5 nitrogen and oxygen atoms in total. The van der Waals surface area contributed by atoms with Gasteiger partial charge >= 0.3 is 0 Å². The highest BCUT2D eigenvalue weighted by atomic mass is 35.5. The number of aromatic nitrogens is 1. The van der Waals surface area contributed by atoms with Gasteiger partial charge in [-0.15, -0.1) is 0 Å². The van der Waals surface area contributed by atoms with Crippen LogP contribution in [-0.2, 0) is 0 Å². The maximum absolute atomic E-state index is 12.5. The molecule has 0 spiro atoms. The van der Waals surface area contributed by atoms with E-state index >= 15 is 0 Å². The van der Waals surface area contributed by atoms with Crippen LogP contribution in [0.4, 0.5) is 5.82 Å². The lowest BCUT2D eigenvalue weighted by Gasteiger charge is -2.23. The largest absolute Gasteiger partial charge is 0.394 e. The van der Waals surface area contributed by atoms with E-state index in [1.165, 1.54) is 0 Å². The SMILES string of the molecule is CN(C)c1cc(C(=O)N2CCC[C@@H]2CO)cc(Cl)n1. The Hall–Kier alpha value is -1.33. The van der Waals surface area contributed by atoms with Crippen molar-refractivity contribution in [1.82, 2.24) is 9.88 Å². The molecule has 0 radical (unpaired) electrons. The summed E-state index contributed by atoms with van der Waals surface area (Å²) in [6, 6.07) is 3.21. The molecule has 1 fully saturated rings. The van der Waals surface area contributed by atoms with E-state index in [9.17, 15) is 9.90 Å². The van der Waals surface area contributed by atoms with Crippen LogP contribution in [0.3, 0.4) is 0 Å². The lowest BCUT2D eigenvalue weighted by molar-refractivity contribution is 0.0677. The molecule has 1 saturated heterocycles. The van der Waals surface area contributed by atoms with Gasteiger partial charge in [-0.1, -0.05) is 11.6 Å². The second-order valence-corrected chi connectivity index (χ2v) is 5.30. The normalized spacial score (nSPS) is 18.7. The molecule has 0 saturated carbocycles. The van der Waals surface area contributed by atoms with E-state index in [1.54, 1.807) is 21.9 Å². The summed E-state index contributed by atoms with van der Waals surface area (Å²) in [4.78, 5) is 20.1. The highest BCUT2D eigenvalue weighted by Crippen LogP contribution is 2.23. The first-order valence-electron chi connectivity index (χ1n) is 6.29. The number of amides is 1. The first kappa shape index (κ1) is 14.1. The quantitative estimate of drug-likeness (QED) is 0.852. The van der Waals surface area contributed by atoms with Crippen molar-refractivity contribution in [2.24, 2.45) is 0 Å². The second-order valence-electron chi connectivity index (χ2n) is 4.91. The molecule has 0 unspecified atom stereocenters. The molecule has 19 heavy (non-hydrogen) atoms. The summed E-state index contributed by atoms with van der Waals surface area (Å²) in [6.45, 7) is 0.687.